The summed E-state index contributed by atoms with van der Waals surface area (Å²) < 4.78 is 0. The van der Waals surface area contributed by atoms with Crippen LogP contribution in [0, 0.1) is 0 Å². The van der Waals surface area contributed by atoms with E-state index in [1.807, 2.05) is 13.8 Å². The van der Waals surface area contributed by atoms with E-state index < -0.39 is 5.97 Å². The molecule has 1 heterocycles. The number of hydrogen-bond acceptors (Lipinski definition) is 3. The Morgan fingerprint density at radius 1 is 1.39 bits per heavy atom. The summed E-state index contributed by atoms with van der Waals surface area (Å²) in [5.74, 6) is -0.975. The Kier molecular flexibility index (Phi) is 5.58. The van der Waals surface area contributed by atoms with E-state index in [1.54, 1.807) is 17.0 Å². The minimum Gasteiger partial charge on any atom is -0.478 e. The summed E-state index contributed by atoms with van der Waals surface area (Å²) in [4.78, 5) is 25.7. The van der Waals surface area contributed by atoms with Crippen LogP contribution in [0.5, 0.6) is 0 Å². The number of carbonyl (C=O) groups is 2. The maximum Gasteiger partial charge on any atom is 0.328 e. The summed E-state index contributed by atoms with van der Waals surface area (Å²) in [6.45, 7) is 5.41. The molecule has 1 aromatic heterocycles. The quantitative estimate of drug-likeness (QED) is 0.806. The van der Waals surface area contributed by atoms with Crippen LogP contribution >= 0.6 is 11.3 Å². The fourth-order valence-corrected chi connectivity index (χ4v) is 2.42. The zero-order chi connectivity index (χ0) is 13.5. The van der Waals surface area contributed by atoms with Crippen LogP contribution in [0.3, 0.4) is 0 Å². The third kappa shape index (κ3) is 4.00. The highest BCUT2D eigenvalue weighted by Gasteiger charge is 2.14. The predicted molar refractivity (Wildman–Crippen MR) is 72.9 cm³/mol. The largest absolute Gasteiger partial charge is 0.478 e. The standard InChI is InChI=1S/C13H17NO3S/c1-3-9-14(4-2)13(17)11-7-5-10(18-11)6-8-12(15)16/h5-8H,3-4,9H2,1-2H3,(H,15,16). The van der Waals surface area contributed by atoms with Crippen molar-refractivity contribution in [2.45, 2.75) is 20.3 Å². The van der Waals surface area contributed by atoms with Gasteiger partial charge in [0.15, 0.2) is 0 Å². The Morgan fingerprint density at radius 2 is 2.11 bits per heavy atom. The molecule has 0 aromatic carbocycles. The lowest BCUT2D eigenvalue weighted by Crippen LogP contribution is -2.30. The van der Waals surface area contributed by atoms with Gasteiger partial charge >= 0.3 is 5.97 Å². The maximum atomic E-state index is 12.1. The molecule has 1 aromatic rings. The van der Waals surface area contributed by atoms with Crippen molar-refractivity contribution in [3.63, 3.8) is 0 Å². The third-order valence-corrected chi connectivity index (χ3v) is 3.43. The first kappa shape index (κ1) is 14.4. The lowest BCUT2D eigenvalue weighted by molar-refractivity contribution is -0.131. The molecule has 0 saturated carbocycles. The van der Waals surface area contributed by atoms with Crippen LogP contribution in [0.2, 0.25) is 0 Å². The van der Waals surface area contributed by atoms with Crippen molar-refractivity contribution in [2.24, 2.45) is 0 Å². The Labute approximate surface area is 111 Å². The number of carbonyl (C=O) groups excluding carboxylic acids is 1. The van der Waals surface area contributed by atoms with Gasteiger partial charge in [-0.3, -0.25) is 4.79 Å². The van der Waals surface area contributed by atoms with Crippen molar-refractivity contribution < 1.29 is 14.7 Å². The van der Waals surface area contributed by atoms with Gasteiger partial charge in [-0.05, 0) is 31.6 Å². The minimum absolute atomic E-state index is 0.0133. The van der Waals surface area contributed by atoms with Gasteiger partial charge in [-0.25, -0.2) is 4.79 Å². The molecule has 0 spiro atoms. The number of carboxylic acids is 1. The molecule has 0 aliphatic carbocycles. The molecule has 0 fully saturated rings. The van der Waals surface area contributed by atoms with Crippen LogP contribution in [-0.4, -0.2) is 35.0 Å². The summed E-state index contributed by atoms with van der Waals surface area (Å²) in [5, 5.41) is 8.53. The molecule has 0 unspecified atom stereocenters. The molecule has 0 aliphatic heterocycles. The van der Waals surface area contributed by atoms with Crippen LogP contribution in [0.15, 0.2) is 18.2 Å². The van der Waals surface area contributed by atoms with Gasteiger partial charge in [0.25, 0.3) is 5.91 Å². The number of thiophene rings is 1. The summed E-state index contributed by atoms with van der Waals surface area (Å²) in [6, 6.07) is 3.50. The zero-order valence-corrected chi connectivity index (χ0v) is 11.4. The Hall–Kier alpha value is -1.62. The number of aliphatic carboxylic acids is 1. The highest BCUT2D eigenvalue weighted by Crippen LogP contribution is 2.19. The number of hydrogen-bond donors (Lipinski definition) is 1. The first-order valence-electron chi connectivity index (χ1n) is 5.88. The molecule has 18 heavy (non-hydrogen) atoms. The number of nitrogens with zero attached hydrogens (tertiary/aromatic N) is 1. The molecule has 0 atom stereocenters. The van der Waals surface area contributed by atoms with E-state index in [4.69, 9.17) is 5.11 Å². The second kappa shape index (κ2) is 6.96. The van der Waals surface area contributed by atoms with Crippen LogP contribution in [0.4, 0.5) is 0 Å². The van der Waals surface area contributed by atoms with E-state index >= 15 is 0 Å². The molecule has 98 valence electrons. The van der Waals surface area contributed by atoms with Crippen molar-refractivity contribution in [2.75, 3.05) is 13.1 Å². The smallest absolute Gasteiger partial charge is 0.328 e. The van der Waals surface area contributed by atoms with E-state index in [0.717, 1.165) is 23.9 Å². The second-order valence-corrected chi connectivity index (χ2v) is 4.87. The average Bonchev–Trinajstić information content (AvgIpc) is 2.81. The first-order chi connectivity index (χ1) is 8.58. The molecule has 0 bridgehead atoms. The van der Waals surface area contributed by atoms with Crippen molar-refractivity contribution in [1.82, 2.24) is 4.90 Å². The van der Waals surface area contributed by atoms with Crippen LogP contribution < -0.4 is 0 Å². The molecule has 1 amide bonds. The van der Waals surface area contributed by atoms with Crippen LogP contribution in [0.1, 0.15) is 34.8 Å². The molecule has 4 nitrogen and oxygen atoms in total. The normalized spacial score (nSPS) is 10.8. The van der Waals surface area contributed by atoms with Crippen molar-refractivity contribution >= 4 is 29.3 Å². The third-order valence-electron chi connectivity index (χ3n) is 2.39. The van der Waals surface area contributed by atoms with Crippen LogP contribution in [0.25, 0.3) is 6.08 Å². The molecule has 5 heteroatoms. The average molecular weight is 267 g/mol. The van der Waals surface area contributed by atoms with E-state index in [9.17, 15) is 9.59 Å². The number of carboxylic acid groups (broad SMARTS) is 1. The SMILES string of the molecule is CCCN(CC)C(=O)c1ccc(C=CC(=O)O)s1. The molecule has 1 rings (SSSR count). The van der Waals surface area contributed by atoms with E-state index in [1.165, 1.54) is 17.4 Å². The van der Waals surface area contributed by atoms with Crippen LogP contribution in [-0.2, 0) is 4.79 Å². The molecule has 1 N–H and O–H groups in total. The fraction of sp³-hybridized carbons (Fsp3) is 0.385. The lowest BCUT2D eigenvalue weighted by Gasteiger charge is -2.18. The monoisotopic (exact) mass is 267 g/mol. The Balaban J connectivity index is 2.78. The lowest BCUT2D eigenvalue weighted by atomic mass is 10.3. The summed E-state index contributed by atoms with van der Waals surface area (Å²) in [6.07, 6.45) is 3.50. The topological polar surface area (TPSA) is 57.6 Å². The van der Waals surface area contributed by atoms with Gasteiger partial charge in [0.05, 0.1) is 4.88 Å². The van der Waals surface area contributed by atoms with Crippen molar-refractivity contribution in [1.29, 1.82) is 0 Å². The second-order valence-electron chi connectivity index (χ2n) is 3.76. The summed E-state index contributed by atoms with van der Waals surface area (Å²) in [5.41, 5.74) is 0. The molecular weight excluding hydrogens is 250 g/mol. The highest BCUT2D eigenvalue weighted by atomic mass is 32.1. The van der Waals surface area contributed by atoms with Gasteiger partial charge in [0.2, 0.25) is 0 Å². The number of rotatable bonds is 6. The zero-order valence-electron chi connectivity index (χ0n) is 10.5. The highest BCUT2D eigenvalue weighted by molar-refractivity contribution is 7.14. The van der Waals surface area contributed by atoms with E-state index in [2.05, 4.69) is 0 Å². The predicted octanol–water partition coefficient (Wildman–Crippen LogP) is 2.72. The molecule has 0 saturated heterocycles. The van der Waals surface area contributed by atoms with Gasteiger partial charge in [-0.1, -0.05) is 6.92 Å². The minimum atomic E-state index is -0.988. The molecule has 0 aliphatic rings. The van der Waals surface area contributed by atoms with E-state index in [-0.39, 0.29) is 5.91 Å². The van der Waals surface area contributed by atoms with Gasteiger partial charge in [0, 0.05) is 24.0 Å². The van der Waals surface area contributed by atoms with Gasteiger partial charge in [0.1, 0.15) is 0 Å². The first-order valence-corrected chi connectivity index (χ1v) is 6.70. The van der Waals surface area contributed by atoms with E-state index in [0.29, 0.717) is 11.4 Å². The molecular formula is C13H17NO3S. The van der Waals surface area contributed by atoms with Gasteiger partial charge in [-0.15, -0.1) is 11.3 Å². The van der Waals surface area contributed by atoms with Crippen molar-refractivity contribution in [3.05, 3.63) is 28.0 Å². The summed E-state index contributed by atoms with van der Waals surface area (Å²) >= 11 is 1.31. The van der Waals surface area contributed by atoms with Gasteiger partial charge < -0.3 is 10.0 Å². The molecule has 0 radical (unpaired) electrons. The Bertz CT molecular complexity index is 451. The Morgan fingerprint density at radius 3 is 2.67 bits per heavy atom. The van der Waals surface area contributed by atoms with Gasteiger partial charge in [-0.2, -0.15) is 0 Å². The fourth-order valence-electron chi connectivity index (χ4n) is 1.54. The maximum absolute atomic E-state index is 12.1. The van der Waals surface area contributed by atoms with Crippen molar-refractivity contribution in [3.8, 4) is 0 Å². The number of amides is 1. The summed E-state index contributed by atoms with van der Waals surface area (Å²) in [7, 11) is 0.